The summed E-state index contributed by atoms with van der Waals surface area (Å²) in [7, 11) is 0. The zero-order valence-electron chi connectivity index (χ0n) is 7.56. The van der Waals surface area contributed by atoms with Crippen LogP contribution in [0.1, 0.15) is 17.3 Å². The Bertz CT molecular complexity index is 396. The number of hydrogen-bond acceptors (Lipinski definition) is 2. The fourth-order valence-corrected chi connectivity index (χ4v) is 1.79. The van der Waals surface area contributed by atoms with E-state index in [1.807, 2.05) is 0 Å². The van der Waals surface area contributed by atoms with Crippen LogP contribution in [-0.4, -0.2) is 12.4 Å². The molecule has 0 fully saturated rings. The molecule has 0 spiro atoms. The highest BCUT2D eigenvalue weighted by atomic mass is 79.9. The Morgan fingerprint density at radius 1 is 1.53 bits per heavy atom. The van der Waals surface area contributed by atoms with Crippen molar-refractivity contribution < 1.29 is 18.3 Å². The molecule has 0 unspecified atom stereocenters. The van der Waals surface area contributed by atoms with Crippen LogP contribution in [0.4, 0.5) is 8.78 Å². The van der Waals surface area contributed by atoms with E-state index in [9.17, 15) is 13.6 Å². The van der Waals surface area contributed by atoms with Crippen molar-refractivity contribution in [1.29, 1.82) is 0 Å². The molecule has 0 atom stereocenters. The summed E-state index contributed by atoms with van der Waals surface area (Å²) in [5.74, 6) is -0.379. The second-order valence-electron chi connectivity index (χ2n) is 2.70. The number of carbonyl (C=O) groups is 1. The molecule has 0 heterocycles. The van der Waals surface area contributed by atoms with Crippen molar-refractivity contribution in [2.45, 2.75) is 13.5 Å². The molecule has 0 bridgehead atoms. The Balaban J connectivity index is 3.13. The minimum atomic E-state index is -2.95. The molecule has 0 aliphatic carbocycles. The van der Waals surface area contributed by atoms with Crippen LogP contribution >= 0.6 is 27.5 Å². The van der Waals surface area contributed by atoms with Crippen molar-refractivity contribution in [3.63, 3.8) is 0 Å². The highest BCUT2D eigenvalue weighted by Crippen LogP contribution is 2.32. The summed E-state index contributed by atoms with van der Waals surface area (Å²) in [6, 6.07) is 2.52. The van der Waals surface area contributed by atoms with E-state index in [1.165, 1.54) is 19.1 Å². The molecular formula is C9H6BrClF2O2. The van der Waals surface area contributed by atoms with Gasteiger partial charge < -0.3 is 4.74 Å². The molecule has 0 N–H and O–H groups in total. The molecule has 0 saturated heterocycles. The summed E-state index contributed by atoms with van der Waals surface area (Å²) in [4.78, 5) is 11.1. The number of Topliss-reactive ketones (excluding diaryl/α,β-unsaturated/α-hetero) is 1. The van der Waals surface area contributed by atoms with Gasteiger partial charge in [-0.25, -0.2) is 0 Å². The molecule has 1 aromatic carbocycles. The van der Waals surface area contributed by atoms with Gasteiger partial charge in [-0.2, -0.15) is 8.78 Å². The van der Waals surface area contributed by atoms with E-state index in [0.717, 1.165) is 0 Å². The number of alkyl halides is 2. The van der Waals surface area contributed by atoms with E-state index < -0.39 is 6.61 Å². The van der Waals surface area contributed by atoms with Crippen molar-refractivity contribution in [3.05, 3.63) is 27.2 Å². The van der Waals surface area contributed by atoms with Crippen LogP contribution in [0, 0.1) is 0 Å². The molecule has 1 aromatic rings. The van der Waals surface area contributed by atoms with E-state index in [0.29, 0.717) is 10.0 Å². The van der Waals surface area contributed by atoms with Crippen LogP contribution in [0.15, 0.2) is 16.6 Å². The summed E-state index contributed by atoms with van der Waals surface area (Å²) in [6.07, 6.45) is 0. The van der Waals surface area contributed by atoms with Crippen LogP contribution < -0.4 is 4.74 Å². The van der Waals surface area contributed by atoms with Gasteiger partial charge in [-0.15, -0.1) is 0 Å². The first kappa shape index (κ1) is 12.4. The molecule has 2 nitrogen and oxygen atoms in total. The summed E-state index contributed by atoms with van der Waals surface area (Å²) < 4.78 is 28.4. The van der Waals surface area contributed by atoms with Crippen molar-refractivity contribution in [2.75, 3.05) is 0 Å². The fraction of sp³-hybridized carbons (Fsp3) is 0.222. The van der Waals surface area contributed by atoms with E-state index in [-0.39, 0.29) is 16.6 Å². The summed E-state index contributed by atoms with van der Waals surface area (Å²) in [5, 5.41) is -0.0244. The first-order valence-corrected chi connectivity index (χ1v) is 5.03. The number of benzene rings is 1. The SMILES string of the molecule is CC(=O)c1cc(Cl)c(OC(F)F)cc1Br. The maximum absolute atomic E-state index is 11.9. The molecule has 0 radical (unpaired) electrons. The Hall–Kier alpha value is -0.680. The Morgan fingerprint density at radius 3 is 2.60 bits per heavy atom. The van der Waals surface area contributed by atoms with E-state index in [4.69, 9.17) is 11.6 Å². The average Bonchev–Trinajstić information content (AvgIpc) is 2.09. The number of ether oxygens (including phenoxy) is 1. The largest absolute Gasteiger partial charge is 0.433 e. The van der Waals surface area contributed by atoms with E-state index >= 15 is 0 Å². The lowest BCUT2D eigenvalue weighted by molar-refractivity contribution is -0.0498. The monoisotopic (exact) mass is 298 g/mol. The zero-order chi connectivity index (χ0) is 11.6. The lowest BCUT2D eigenvalue weighted by atomic mass is 10.1. The van der Waals surface area contributed by atoms with Crippen LogP contribution in [0.3, 0.4) is 0 Å². The number of rotatable bonds is 3. The van der Waals surface area contributed by atoms with E-state index in [1.54, 1.807) is 0 Å². The number of halogens is 4. The average molecular weight is 299 g/mol. The number of carbonyl (C=O) groups excluding carboxylic acids is 1. The van der Waals surface area contributed by atoms with Gasteiger partial charge in [0.15, 0.2) is 5.78 Å². The Kier molecular flexibility index (Phi) is 4.04. The molecule has 6 heteroatoms. The second kappa shape index (κ2) is 4.90. The van der Waals surface area contributed by atoms with Gasteiger partial charge in [0.1, 0.15) is 5.75 Å². The van der Waals surface area contributed by atoms with Gasteiger partial charge in [0.2, 0.25) is 0 Å². The van der Waals surface area contributed by atoms with Gasteiger partial charge in [-0.3, -0.25) is 4.79 Å². The zero-order valence-corrected chi connectivity index (χ0v) is 9.90. The molecule has 0 aliphatic heterocycles. The van der Waals surface area contributed by atoms with Gasteiger partial charge in [-0.1, -0.05) is 11.6 Å². The van der Waals surface area contributed by atoms with Gasteiger partial charge in [0.05, 0.1) is 5.02 Å². The molecule has 0 aromatic heterocycles. The Morgan fingerprint density at radius 2 is 2.13 bits per heavy atom. The normalized spacial score (nSPS) is 10.5. The smallest absolute Gasteiger partial charge is 0.387 e. The third-order valence-corrected chi connectivity index (χ3v) is 2.57. The van der Waals surface area contributed by atoms with Gasteiger partial charge in [-0.05, 0) is 35.0 Å². The predicted molar refractivity (Wildman–Crippen MR) is 55.8 cm³/mol. The van der Waals surface area contributed by atoms with Gasteiger partial charge >= 0.3 is 6.61 Å². The minimum absolute atomic E-state index is 0.0244. The number of ketones is 1. The van der Waals surface area contributed by atoms with E-state index in [2.05, 4.69) is 20.7 Å². The Labute approximate surface area is 98.3 Å². The van der Waals surface area contributed by atoms with Gasteiger partial charge in [0, 0.05) is 10.0 Å². The minimum Gasteiger partial charge on any atom is -0.433 e. The summed E-state index contributed by atoms with van der Waals surface area (Å²) in [5.41, 5.74) is 0.321. The van der Waals surface area contributed by atoms with Crippen molar-refractivity contribution in [3.8, 4) is 5.75 Å². The summed E-state index contributed by atoms with van der Waals surface area (Å²) in [6.45, 7) is -1.60. The maximum Gasteiger partial charge on any atom is 0.387 e. The molecule has 0 amide bonds. The molecule has 1 rings (SSSR count). The predicted octanol–water partition coefficient (Wildman–Crippen LogP) is 3.91. The lowest BCUT2D eigenvalue weighted by Gasteiger charge is -2.09. The molecule has 0 saturated carbocycles. The first-order valence-electron chi connectivity index (χ1n) is 3.86. The van der Waals surface area contributed by atoms with Crippen LogP contribution in [0.2, 0.25) is 5.02 Å². The molecular weight excluding hydrogens is 293 g/mol. The molecule has 82 valence electrons. The summed E-state index contributed by atoms with van der Waals surface area (Å²) >= 11 is 8.73. The van der Waals surface area contributed by atoms with Crippen LogP contribution in [0.25, 0.3) is 0 Å². The van der Waals surface area contributed by atoms with Gasteiger partial charge in [0.25, 0.3) is 0 Å². The highest BCUT2D eigenvalue weighted by molar-refractivity contribution is 9.10. The molecule has 0 aliphatic rings. The quantitative estimate of drug-likeness (QED) is 0.791. The fourth-order valence-electron chi connectivity index (χ4n) is 0.985. The highest BCUT2D eigenvalue weighted by Gasteiger charge is 2.14. The first-order chi connectivity index (χ1) is 6.91. The van der Waals surface area contributed by atoms with Crippen LogP contribution in [0.5, 0.6) is 5.75 Å². The standard InChI is InChI=1S/C9H6BrClF2O2/c1-4(14)5-2-7(11)8(3-6(5)10)15-9(12)13/h2-3,9H,1H3. The third kappa shape index (κ3) is 3.14. The van der Waals surface area contributed by atoms with Crippen molar-refractivity contribution in [1.82, 2.24) is 0 Å². The third-order valence-electron chi connectivity index (χ3n) is 1.62. The van der Waals surface area contributed by atoms with Crippen molar-refractivity contribution in [2.24, 2.45) is 0 Å². The van der Waals surface area contributed by atoms with Crippen molar-refractivity contribution >= 4 is 33.3 Å². The lowest BCUT2D eigenvalue weighted by Crippen LogP contribution is -2.03. The topological polar surface area (TPSA) is 26.3 Å². The second-order valence-corrected chi connectivity index (χ2v) is 3.96. The number of hydrogen-bond donors (Lipinski definition) is 0. The molecule has 15 heavy (non-hydrogen) atoms. The maximum atomic E-state index is 11.9. The van der Waals surface area contributed by atoms with Crippen LogP contribution in [-0.2, 0) is 0 Å².